The number of H-pyrrole nitrogens is 1. The van der Waals surface area contributed by atoms with E-state index in [9.17, 15) is 0 Å². The van der Waals surface area contributed by atoms with Gasteiger partial charge in [-0.15, -0.1) is 0 Å². The van der Waals surface area contributed by atoms with E-state index in [1.54, 1.807) is 0 Å². The van der Waals surface area contributed by atoms with Crippen LogP contribution in [0.3, 0.4) is 0 Å². The van der Waals surface area contributed by atoms with Crippen molar-refractivity contribution in [2.75, 3.05) is 13.1 Å². The number of hydrogen-bond donors (Lipinski definition) is 2. The molecule has 4 heteroatoms. The second-order valence-corrected chi connectivity index (χ2v) is 4.14. The Morgan fingerprint density at radius 3 is 3.06 bits per heavy atom. The van der Waals surface area contributed by atoms with Crippen molar-refractivity contribution in [3.8, 4) is 6.07 Å². The average molecular weight is 224 g/mol. The maximum atomic E-state index is 8.85. The molecular formula is C13H12N4. The number of hydrogen-bond acceptors (Lipinski definition) is 3. The van der Waals surface area contributed by atoms with E-state index < -0.39 is 0 Å². The van der Waals surface area contributed by atoms with Gasteiger partial charge in [0.05, 0.1) is 22.8 Å². The Hall–Kier alpha value is -2.12. The van der Waals surface area contributed by atoms with E-state index in [4.69, 9.17) is 5.26 Å². The molecule has 17 heavy (non-hydrogen) atoms. The quantitative estimate of drug-likeness (QED) is 0.776. The largest absolute Gasteiger partial charge is 0.312 e. The molecule has 2 aromatic rings. The number of fused-ring (bicyclic) bond motifs is 1. The second-order valence-electron chi connectivity index (χ2n) is 4.14. The third kappa shape index (κ3) is 1.71. The Bertz CT molecular complexity index is 630. The van der Waals surface area contributed by atoms with Gasteiger partial charge in [0, 0.05) is 11.9 Å². The Morgan fingerprint density at radius 1 is 1.35 bits per heavy atom. The molecule has 0 spiro atoms. The van der Waals surface area contributed by atoms with Gasteiger partial charge in [-0.05, 0) is 36.7 Å². The predicted octanol–water partition coefficient (Wildman–Crippen LogP) is 1.81. The third-order valence-electron chi connectivity index (χ3n) is 3.02. The van der Waals surface area contributed by atoms with Crippen LogP contribution in [0.2, 0.25) is 0 Å². The summed E-state index contributed by atoms with van der Waals surface area (Å²) >= 11 is 0. The average Bonchev–Trinajstić information content (AvgIpc) is 2.82. The van der Waals surface area contributed by atoms with Gasteiger partial charge < -0.3 is 5.32 Å². The number of aromatic nitrogens is 2. The van der Waals surface area contributed by atoms with E-state index in [0.717, 1.165) is 36.1 Å². The molecule has 0 unspecified atom stereocenters. The van der Waals surface area contributed by atoms with Gasteiger partial charge in [0.2, 0.25) is 0 Å². The molecule has 4 nitrogen and oxygen atoms in total. The lowest BCUT2D eigenvalue weighted by Gasteiger charge is -2.12. The molecule has 2 heterocycles. The molecule has 0 saturated carbocycles. The van der Waals surface area contributed by atoms with Crippen LogP contribution < -0.4 is 5.32 Å². The van der Waals surface area contributed by atoms with Gasteiger partial charge in [-0.2, -0.15) is 10.4 Å². The van der Waals surface area contributed by atoms with Crippen molar-refractivity contribution in [2.45, 2.75) is 6.42 Å². The summed E-state index contributed by atoms with van der Waals surface area (Å²) in [7, 11) is 0. The molecular weight excluding hydrogens is 212 g/mol. The summed E-state index contributed by atoms with van der Waals surface area (Å²) in [5, 5.41) is 20.6. The highest BCUT2D eigenvalue weighted by Gasteiger charge is 2.12. The Morgan fingerprint density at radius 2 is 2.29 bits per heavy atom. The molecule has 84 valence electrons. The Balaban J connectivity index is 2.12. The zero-order valence-electron chi connectivity index (χ0n) is 9.33. The summed E-state index contributed by atoms with van der Waals surface area (Å²) < 4.78 is 0. The fourth-order valence-electron chi connectivity index (χ4n) is 2.16. The molecule has 3 rings (SSSR count). The lowest BCUT2D eigenvalue weighted by molar-refractivity contribution is 0.737. The summed E-state index contributed by atoms with van der Waals surface area (Å²) in [5.74, 6) is 0. The smallest absolute Gasteiger partial charge is 0.0992 e. The van der Waals surface area contributed by atoms with Gasteiger partial charge in [-0.3, -0.25) is 5.10 Å². The number of benzene rings is 1. The van der Waals surface area contributed by atoms with E-state index in [2.05, 4.69) is 27.7 Å². The minimum atomic E-state index is 0.656. The highest BCUT2D eigenvalue weighted by molar-refractivity contribution is 5.91. The summed E-state index contributed by atoms with van der Waals surface area (Å²) in [6, 6.07) is 7.76. The number of nitrogens with one attached hydrogen (secondary N) is 2. The zero-order chi connectivity index (χ0) is 11.7. The summed E-state index contributed by atoms with van der Waals surface area (Å²) in [6.07, 6.45) is 3.27. The summed E-state index contributed by atoms with van der Waals surface area (Å²) in [5.41, 5.74) is 3.80. The zero-order valence-corrected chi connectivity index (χ0v) is 9.33. The summed E-state index contributed by atoms with van der Waals surface area (Å²) in [6.45, 7) is 1.89. The van der Waals surface area contributed by atoms with Gasteiger partial charge in [0.25, 0.3) is 0 Å². The minimum absolute atomic E-state index is 0.656. The fourth-order valence-corrected chi connectivity index (χ4v) is 2.16. The molecule has 0 amide bonds. The lowest BCUT2D eigenvalue weighted by Crippen LogP contribution is -2.21. The SMILES string of the molecule is N#Cc1ccc2c(C3=CCCNC3)n[nH]c2c1. The molecule has 0 radical (unpaired) electrons. The normalized spacial score (nSPS) is 15.6. The number of nitriles is 1. The summed E-state index contributed by atoms with van der Waals surface area (Å²) in [4.78, 5) is 0. The molecule has 0 saturated heterocycles. The van der Waals surface area contributed by atoms with E-state index in [0.29, 0.717) is 5.56 Å². The maximum absolute atomic E-state index is 8.85. The van der Waals surface area contributed by atoms with Crippen LogP contribution in [0, 0.1) is 11.3 Å². The van der Waals surface area contributed by atoms with E-state index in [1.165, 1.54) is 5.57 Å². The van der Waals surface area contributed by atoms with Crippen molar-refractivity contribution in [1.29, 1.82) is 5.26 Å². The Labute approximate surface area is 98.9 Å². The van der Waals surface area contributed by atoms with Crippen molar-refractivity contribution >= 4 is 16.5 Å². The minimum Gasteiger partial charge on any atom is -0.312 e. The standard InChI is InChI=1S/C13H12N4/c14-7-9-3-4-11-12(6-9)16-17-13(11)10-2-1-5-15-8-10/h2-4,6,15H,1,5,8H2,(H,16,17). The number of rotatable bonds is 1. The molecule has 0 atom stereocenters. The van der Waals surface area contributed by atoms with Crippen LogP contribution in [0.1, 0.15) is 17.7 Å². The van der Waals surface area contributed by atoms with Crippen LogP contribution in [-0.4, -0.2) is 23.3 Å². The maximum Gasteiger partial charge on any atom is 0.0992 e. The van der Waals surface area contributed by atoms with Crippen LogP contribution in [0.15, 0.2) is 24.3 Å². The van der Waals surface area contributed by atoms with Crippen LogP contribution in [-0.2, 0) is 0 Å². The van der Waals surface area contributed by atoms with Crippen molar-refractivity contribution < 1.29 is 0 Å². The van der Waals surface area contributed by atoms with Gasteiger partial charge in [0.15, 0.2) is 0 Å². The lowest BCUT2D eigenvalue weighted by atomic mass is 10.0. The van der Waals surface area contributed by atoms with E-state index >= 15 is 0 Å². The van der Waals surface area contributed by atoms with Crippen LogP contribution in [0.4, 0.5) is 0 Å². The first-order chi connectivity index (χ1) is 8.38. The second kappa shape index (κ2) is 4.04. The monoisotopic (exact) mass is 224 g/mol. The van der Waals surface area contributed by atoms with Gasteiger partial charge >= 0.3 is 0 Å². The van der Waals surface area contributed by atoms with Gasteiger partial charge in [0.1, 0.15) is 0 Å². The first-order valence-electron chi connectivity index (χ1n) is 5.67. The van der Waals surface area contributed by atoms with Gasteiger partial charge in [-0.1, -0.05) is 6.08 Å². The first kappa shape index (κ1) is 10.1. The Kier molecular flexibility index (Phi) is 2.39. The van der Waals surface area contributed by atoms with Gasteiger partial charge in [-0.25, -0.2) is 0 Å². The molecule has 2 N–H and O–H groups in total. The predicted molar refractivity (Wildman–Crippen MR) is 66.3 cm³/mol. The topological polar surface area (TPSA) is 64.5 Å². The fraction of sp³-hybridized carbons (Fsp3) is 0.231. The van der Waals surface area contributed by atoms with Crippen molar-refractivity contribution in [3.05, 3.63) is 35.5 Å². The molecule has 1 aliphatic heterocycles. The number of nitrogens with zero attached hydrogens (tertiary/aromatic N) is 2. The number of aromatic amines is 1. The highest BCUT2D eigenvalue weighted by atomic mass is 15.1. The van der Waals surface area contributed by atoms with E-state index in [-0.39, 0.29) is 0 Å². The van der Waals surface area contributed by atoms with Crippen molar-refractivity contribution in [3.63, 3.8) is 0 Å². The molecule has 1 aliphatic rings. The highest BCUT2D eigenvalue weighted by Crippen LogP contribution is 2.24. The van der Waals surface area contributed by atoms with Crippen molar-refractivity contribution in [2.24, 2.45) is 0 Å². The molecule has 0 fully saturated rings. The van der Waals surface area contributed by atoms with E-state index in [1.807, 2.05) is 18.2 Å². The molecule has 0 bridgehead atoms. The van der Waals surface area contributed by atoms with Crippen molar-refractivity contribution in [1.82, 2.24) is 15.5 Å². The van der Waals surface area contributed by atoms with Crippen LogP contribution >= 0.6 is 0 Å². The van der Waals surface area contributed by atoms with Crippen LogP contribution in [0.5, 0.6) is 0 Å². The van der Waals surface area contributed by atoms with Crippen LogP contribution in [0.25, 0.3) is 16.5 Å². The molecule has 0 aliphatic carbocycles. The molecule has 1 aromatic heterocycles. The third-order valence-corrected chi connectivity index (χ3v) is 3.02. The molecule has 1 aromatic carbocycles. The first-order valence-corrected chi connectivity index (χ1v) is 5.67.